The number of hydrogen-bond acceptors (Lipinski definition) is 4. The Morgan fingerprint density at radius 2 is 1.76 bits per heavy atom. The van der Waals surface area contributed by atoms with Gasteiger partial charge in [0.2, 0.25) is 0 Å². The molecular formula is C21H20ClFN4OS. The number of carbonyl (C=O) groups is 1. The molecule has 0 aliphatic carbocycles. The van der Waals surface area contributed by atoms with E-state index in [0.29, 0.717) is 36.6 Å². The largest absolute Gasteiger partial charge is 0.324 e. The van der Waals surface area contributed by atoms with Crippen molar-refractivity contribution in [1.82, 2.24) is 4.90 Å². The van der Waals surface area contributed by atoms with Crippen LogP contribution in [0.25, 0.3) is 0 Å². The number of amides is 2. The highest BCUT2D eigenvalue weighted by molar-refractivity contribution is 8.15. The van der Waals surface area contributed by atoms with E-state index in [1.165, 1.54) is 12.1 Å². The molecule has 2 amide bonds. The van der Waals surface area contributed by atoms with Gasteiger partial charge in [0.25, 0.3) is 0 Å². The summed E-state index contributed by atoms with van der Waals surface area (Å²) in [5.74, 6) is -0.332. The molecule has 1 saturated heterocycles. The van der Waals surface area contributed by atoms with E-state index in [1.807, 2.05) is 30.5 Å². The third-order valence-corrected chi connectivity index (χ3v) is 6.01. The highest BCUT2D eigenvalue weighted by Crippen LogP contribution is 2.35. The maximum Gasteiger partial charge on any atom is 0.321 e. The zero-order valence-electron chi connectivity index (χ0n) is 15.9. The molecule has 0 radical (unpaired) electrons. The molecule has 2 aromatic carbocycles. The van der Waals surface area contributed by atoms with Gasteiger partial charge in [-0.15, -0.1) is 11.8 Å². The maximum absolute atomic E-state index is 13.0. The Bertz CT molecular complexity index is 967. The molecule has 5 nitrogen and oxygen atoms in total. The first kappa shape index (κ1) is 19.9. The summed E-state index contributed by atoms with van der Waals surface area (Å²) in [6.07, 6.45) is 3.31. The van der Waals surface area contributed by atoms with Crippen LogP contribution in [-0.4, -0.2) is 46.7 Å². The minimum atomic E-state index is -0.514. The summed E-state index contributed by atoms with van der Waals surface area (Å²) in [5, 5.41) is 4.41. The van der Waals surface area contributed by atoms with Crippen LogP contribution in [0.2, 0.25) is 5.02 Å². The molecule has 0 saturated carbocycles. The number of halogens is 2. The van der Waals surface area contributed by atoms with Crippen molar-refractivity contribution in [2.24, 2.45) is 9.98 Å². The monoisotopic (exact) mass is 430 g/mol. The molecule has 0 bridgehead atoms. The molecule has 0 atom stereocenters. The SMILES string of the molecule is CSC1=NC2(CCN(C(=O)Nc3ccc(F)cc3)CC2)N=C1c1ccc(Cl)cc1. The van der Waals surface area contributed by atoms with Gasteiger partial charge >= 0.3 is 6.03 Å². The van der Waals surface area contributed by atoms with Crippen molar-refractivity contribution >= 4 is 45.8 Å². The average molecular weight is 431 g/mol. The van der Waals surface area contributed by atoms with E-state index in [-0.39, 0.29) is 11.8 Å². The highest BCUT2D eigenvalue weighted by Gasteiger charge is 2.40. The highest BCUT2D eigenvalue weighted by atomic mass is 35.5. The third kappa shape index (κ3) is 4.31. The lowest BCUT2D eigenvalue weighted by Crippen LogP contribution is -2.46. The van der Waals surface area contributed by atoms with Crippen LogP contribution in [0.4, 0.5) is 14.9 Å². The second kappa shape index (κ2) is 8.16. The number of hydrogen-bond donors (Lipinski definition) is 1. The van der Waals surface area contributed by atoms with Gasteiger partial charge in [0.05, 0.1) is 5.71 Å². The number of benzene rings is 2. The standard InChI is InChI=1S/C21H20ClFN4OS/c1-29-19-18(14-2-4-15(22)5-3-14)25-21(26-19)10-12-27(13-11-21)20(28)24-17-8-6-16(23)7-9-17/h2-9H,10-13H2,1H3,(H,24,28). The van der Waals surface area contributed by atoms with Gasteiger partial charge in [0, 0.05) is 42.2 Å². The van der Waals surface area contributed by atoms with Crippen LogP contribution in [0, 0.1) is 5.82 Å². The first-order valence-electron chi connectivity index (χ1n) is 9.29. The van der Waals surface area contributed by atoms with E-state index in [2.05, 4.69) is 5.32 Å². The van der Waals surface area contributed by atoms with Gasteiger partial charge < -0.3 is 10.2 Å². The molecule has 2 heterocycles. The van der Waals surface area contributed by atoms with E-state index < -0.39 is 5.66 Å². The van der Waals surface area contributed by atoms with Crippen LogP contribution in [0.3, 0.4) is 0 Å². The van der Waals surface area contributed by atoms with E-state index in [1.54, 1.807) is 28.8 Å². The van der Waals surface area contributed by atoms with E-state index >= 15 is 0 Å². The Balaban J connectivity index is 1.45. The van der Waals surface area contributed by atoms with Crippen molar-refractivity contribution in [2.45, 2.75) is 18.5 Å². The van der Waals surface area contributed by atoms with Crippen molar-refractivity contribution in [2.75, 3.05) is 24.7 Å². The van der Waals surface area contributed by atoms with E-state index in [0.717, 1.165) is 16.3 Å². The Morgan fingerprint density at radius 1 is 1.10 bits per heavy atom. The lowest BCUT2D eigenvalue weighted by Gasteiger charge is -2.35. The van der Waals surface area contributed by atoms with E-state index in [4.69, 9.17) is 21.6 Å². The van der Waals surface area contributed by atoms with Gasteiger partial charge in [-0.3, -0.25) is 4.99 Å². The van der Waals surface area contributed by atoms with Gasteiger partial charge in [0.1, 0.15) is 10.9 Å². The summed E-state index contributed by atoms with van der Waals surface area (Å²) in [5.41, 5.74) is 1.94. The fourth-order valence-corrected chi connectivity index (χ4v) is 4.23. The summed E-state index contributed by atoms with van der Waals surface area (Å²) in [6, 6.07) is 13.2. The van der Waals surface area contributed by atoms with E-state index in [9.17, 15) is 9.18 Å². The van der Waals surface area contributed by atoms with Gasteiger partial charge in [-0.1, -0.05) is 23.7 Å². The number of carbonyl (C=O) groups excluding carboxylic acids is 1. The lowest BCUT2D eigenvalue weighted by molar-refractivity contribution is 0.175. The third-order valence-electron chi connectivity index (χ3n) is 5.09. The number of urea groups is 1. The number of piperidine rings is 1. The fourth-order valence-electron chi connectivity index (χ4n) is 3.49. The molecule has 150 valence electrons. The number of nitrogens with zero attached hydrogens (tertiary/aromatic N) is 3. The van der Waals surface area contributed by atoms with Crippen LogP contribution >= 0.6 is 23.4 Å². The second-order valence-electron chi connectivity index (χ2n) is 6.99. The normalized spacial score (nSPS) is 17.8. The predicted octanol–water partition coefficient (Wildman–Crippen LogP) is 5.07. The molecule has 2 aliphatic heterocycles. The zero-order valence-corrected chi connectivity index (χ0v) is 17.4. The fraction of sp³-hybridized carbons (Fsp3) is 0.286. The Kier molecular flexibility index (Phi) is 5.61. The smallest absolute Gasteiger partial charge is 0.321 e. The Hall–Kier alpha value is -2.38. The number of likely N-dealkylation sites (tertiary alicyclic amines) is 1. The number of anilines is 1. The molecule has 8 heteroatoms. The van der Waals surface area contributed by atoms with Crippen molar-refractivity contribution in [3.8, 4) is 0 Å². The van der Waals surface area contributed by atoms with Crippen LogP contribution in [0.15, 0.2) is 58.5 Å². The van der Waals surface area contributed by atoms with Crippen LogP contribution in [-0.2, 0) is 0 Å². The van der Waals surface area contributed by atoms with Crippen molar-refractivity contribution in [3.63, 3.8) is 0 Å². The second-order valence-corrected chi connectivity index (χ2v) is 8.23. The summed E-state index contributed by atoms with van der Waals surface area (Å²) in [4.78, 5) is 24.2. The Labute approximate surface area is 178 Å². The van der Waals surface area contributed by atoms with Crippen LogP contribution in [0.5, 0.6) is 0 Å². The van der Waals surface area contributed by atoms with Gasteiger partial charge in [-0.05, 0) is 42.7 Å². The minimum absolute atomic E-state index is 0.194. The number of aliphatic imine (C=N–C) groups is 2. The number of nitrogens with one attached hydrogen (secondary N) is 1. The van der Waals surface area contributed by atoms with Crippen LogP contribution < -0.4 is 5.32 Å². The molecule has 2 aliphatic rings. The summed E-state index contributed by atoms with van der Waals surface area (Å²) in [6.45, 7) is 1.10. The maximum atomic E-state index is 13.0. The van der Waals surface area contributed by atoms with Crippen molar-refractivity contribution in [1.29, 1.82) is 0 Å². The lowest BCUT2D eigenvalue weighted by atomic mass is 9.98. The molecule has 4 rings (SSSR count). The van der Waals surface area contributed by atoms with Gasteiger partial charge in [-0.25, -0.2) is 14.2 Å². The van der Waals surface area contributed by atoms with Crippen molar-refractivity contribution in [3.05, 3.63) is 64.9 Å². The Morgan fingerprint density at radius 3 is 2.38 bits per heavy atom. The molecule has 0 aromatic heterocycles. The molecule has 0 unspecified atom stereocenters. The van der Waals surface area contributed by atoms with Crippen molar-refractivity contribution < 1.29 is 9.18 Å². The summed E-state index contributed by atoms with van der Waals surface area (Å²) < 4.78 is 13.0. The molecular weight excluding hydrogens is 411 g/mol. The predicted molar refractivity (Wildman–Crippen MR) is 118 cm³/mol. The summed E-state index contributed by atoms with van der Waals surface area (Å²) in [7, 11) is 0. The zero-order chi connectivity index (χ0) is 20.4. The molecule has 2 aromatic rings. The molecule has 1 fully saturated rings. The van der Waals surface area contributed by atoms with Gasteiger partial charge in [0.15, 0.2) is 5.66 Å². The quantitative estimate of drug-likeness (QED) is 0.723. The molecule has 1 spiro atoms. The van der Waals surface area contributed by atoms with Gasteiger partial charge in [-0.2, -0.15) is 0 Å². The first-order chi connectivity index (χ1) is 14.0. The summed E-state index contributed by atoms with van der Waals surface area (Å²) >= 11 is 7.58. The average Bonchev–Trinajstić information content (AvgIpc) is 3.09. The number of rotatable bonds is 2. The minimum Gasteiger partial charge on any atom is -0.324 e. The molecule has 29 heavy (non-hydrogen) atoms. The first-order valence-corrected chi connectivity index (χ1v) is 10.9. The topological polar surface area (TPSA) is 57.1 Å². The van der Waals surface area contributed by atoms with Crippen LogP contribution in [0.1, 0.15) is 18.4 Å². The number of thioether (sulfide) groups is 1. The molecule has 1 N–H and O–H groups in total.